The zero-order valence-electron chi connectivity index (χ0n) is 17.0. The molecule has 1 aromatic carbocycles. The Bertz CT molecular complexity index is 969. The minimum atomic E-state index is -1.30. The number of amides is 3. The van der Waals surface area contributed by atoms with E-state index in [-0.39, 0.29) is 37.9 Å². The zero-order chi connectivity index (χ0) is 21.8. The molecule has 4 rings (SSSR count). The van der Waals surface area contributed by atoms with Crippen molar-refractivity contribution in [3.8, 4) is 11.1 Å². The van der Waals surface area contributed by atoms with Crippen molar-refractivity contribution < 1.29 is 19.1 Å². The van der Waals surface area contributed by atoms with Gasteiger partial charge in [0.1, 0.15) is 6.54 Å². The standard InChI is InChI=1S/C22H24N4O4S/c23-21(29)22(10-16-3-5-17(6-4-16)18-2-1-7-24-11-18)14-25(8-9-30-22)19(27)12-26-15-31-13-20(26)28/h1-7,11H,8-10,12-15H2,(H2,23,29). The first-order chi connectivity index (χ1) is 15.0. The highest BCUT2D eigenvalue weighted by molar-refractivity contribution is 8.00. The van der Waals surface area contributed by atoms with Crippen LogP contribution in [0.4, 0.5) is 0 Å². The average Bonchev–Trinajstić information content (AvgIpc) is 3.19. The fourth-order valence-corrected chi connectivity index (χ4v) is 4.73. The second-order valence-electron chi connectivity index (χ2n) is 7.71. The second-order valence-corrected chi connectivity index (χ2v) is 8.66. The fraction of sp³-hybridized carbons (Fsp3) is 0.364. The molecule has 2 aliphatic heterocycles. The maximum absolute atomic E-state index is 12.8. The number of hydrogen-bond donors (Lipinski definition) is 1. The number of pyridine rings is 1. The summed E-state index contributed by atoms with van der Waals surface area (Å²) in [6.45, 7) is 0.662. The van der Waals surface area contributed by atoms with Crippen molar-refractivity contribution in [2.45, 2.75) is 12.0 Å². The molecule has 1 aromatic heterocycles. The molecule has 0 saturated carbocycles. The van der Waals surface area contributed by atoms with Gasteiger partial charge in [0.15, 0.2) is 5.60 Å². The minimum absolute atomic E-state index is 0.0144. The van der Waals surface area contributed by atoms with Gasteiger partial charge < -0.3 is 20.3 Å². The average molecular weight is 441 g/mol. The van der Waals surface area contributed by atoms with Crippen LogP contribution in [0.25, 0.3) is 11.1 Å². The number of aromatic nitrogens is 1. The normalized spacial score (nSPS) is 21.4. The lowest BCUT2D eigenvalue weighted by molar-refractivity contribution is -0.164. The number of nitrogens with zero attached hydrogens (tertiary/aromatic N) is 3. The van der Waals surface area contributed by atoms with Crippen LogP contribution in [-0.2, 0) is 25.5 Å². The molecule has 0 bridgehead atoms. The van der Waals surface area contributed by atoms with E-state index in [0.29, 0.717) is 18.2 Å². The first-order valence-electron chi connectivity index (χ1n) is 10.0. The van der Waals surface area contributed by atoms with Gasteiger partial charge in [-0.2, -0.15) is 0 Å². The molecule has 3 amide bonds. The maximum atomic E-state index is 12.8. The Balaban J connectivity index is 1.47. The predicted octanol–water partition coefficient (Wildman–Crippen LogP) is 0.907. The number of primary amides is 1. The van der Waals surface area contributed by atoms with Crippen molar-refractivity contribution >= 4 is 29.5 Å². The van der Waals surface area contributed by atoms with Crippen LogP contribution >= 0.6 is 11.8 Å². The van der Waals surface area contributed by atoms with E-state index in [9.17, 15) is 14.4 Å². The summed E-state index contributed by atoms with van der Waals surface area (Å²) in [7, 11) is 0. The van der Waals surface area contributed by atoms with Gasteiger partial charge in [0, 0.05) is 25.4 Å². The molecule has 0 radical (unpaired) electrons. The summed E-state index contributed by atoms with van der Waals surface area (Å²) in [6, 6.07) is 11.6. The number of morpholine rings is 1. The third-order valence-electron chi connectivity index (χ3n) is 5.58. The van der Waals surface area contributed by atoms with E-state index < -0.39 is 11.5 Å². The molecule has 1 atom stereocenters. The fourth-order valence-electron chi connectivity index (χ4n) is 3.82. The van der Waals surface area contributed by atoms with Crippen molar-refractivity contribution in [2.24, 2.45) is 5.73 Å². The molecule has 2 aromatic rings. The van der Waals surface area contributed by atoms with Crippen LogP contribution < -0.4 is 5.73 Å². The number of hydrogen-bond acceptors (Lipinski definition) is 6. The Hall–Kier alpha value is -2.91. The number of carbonyl (C=O) groups is 3. The Kier molecular flexibility index (Phi) is 6.24. The van der Waals surface area contributed by atoms with Crippen LogP contribution in [-0.4, -0.2) is 76.0 Å². The molecule has 0 aliphatic carbocycles. The molecule has 0 spiro atoms. The molecule has 1 unspecified atom stereocenters. The van der Waals surface area contributed by atoms with Gasteiger partial charge in [-0.25, -0.2) is 0 Å². The number of thioether (sulfide) groups is 1. The van der Waals surface area contributed by atoms with Crippen LogP contribution in [0.2, 0.25) is 0 Å². The van der Waals surface area contributed by atoms with Crippen LogP contribution in [0.15, 0.2) is 48.8 Å². The Labute approximate surface area is 184 Å². The molecule has 2 saturated heterocycles. The lowest BCUT2D eigenvalue weighted by atomic mass is 9.90. The number of rotatable bonds is 6. The highest BCUT2D eigenvalue weighted by atomic mass is 32.2. The van der Waals surface area contributed by atoms with Crippen LogP contribution in [0.1, 0.15) is 5.56 Å². The summed E-state index contributed by atoms with van der Waals surface area (Å²) in [5, 5.41) is 0. The second kappa shape index (κ2) is 9.07. The van der Waals surface area contributed by atoms with Crippen molar-refractivity contribution in [3.63, 3.8) is 0 Å². The predicted molar refractivity (Wildman–Crippen MR) is 117 cm³/mol. The van der Waals surface area contributed by atoms with E-state index in [1.54, 1.807) is 17.3 Å². The molecule has 2 N–H and O–H groups in total. The van der Waals surface area contributed by atoms with Gasteiger partial charge in [0.05, 0.1) is 24.8 Å². The molecule has 2 aliphatic rings. The molecule has 31 heavy (non-hydrogen) atoms. The summed E-state index contributed by atoms with van der Waals surface area (Å²) in [5.41, 5.74) is 7.34. The van der Waals surface area contributed by atoms with E-state index in [4.69, 9.17) is 10.5 Å². The molecule has 2 fully saturated rings. The molecule has 9 heteroatoms. The zero-order valence-corrected chi connectivity index (χ0v) is 17.8. The lowest BCUT2D eigenvalue weighted by Gasteiger charge is -2.41. The molecular formula is C22H24N4O4S. The highest BCUT2D eigenvalue weighted by Gasteiger charge is 2.44. The number of nitrogens with two attached hydrogens (primary N) is 1. The lowest BCUT2D eigenvalue weighted by Crippen LogP contribution is -2.62. The smallest absolute Gasteiger partial charge is 0.251 e. The van der Waals surface area contributed by atoms with Crippen LogP contribution in [0.5, 0.6) is 0 Å². The Morgan fingerprint density at radius 1 is 1.19 bits per heavy atom. The summed E-state index contributed by atoms with van der Waals surface area (Å²) >= 11 is 1.49. The van der Waals surface area contributed by atoms with Crippen molar-refractivity contribution in [2.75, 3.05) is 37.9 Å². The van der Waals surface area contributed by atoms with Gasteiger partial charge in [-0.3, -0.25) is 19.4 Å². The summed E-state index contributed by atoms with van der Waals surface area (Å²) in [4.78, 5) is 44.3. The van der Waals surface area contributed by atoms with E-state index in [1.165, 1.54) is 16.7 Å². The molecule has 8 nitrogen and oxygen atoms in total. The van der Waals surface area contributed by atoms with Gasteiger partial charge >= 0.3 is 0 Å². The summed E-state index contributed by atoms with van der Waals surface area (Å²) in [6.07, 6.45) is 3.77. The van der Waals surface area contributed by atoms with E-state index in [1.807, 2.05) is 36.4 Å². The van der Waals surface area contributed by atoms with Gasteiger partial charge in [-0.1, -0.05) is 30.3 Å². The third kappa shape index (κ3) is 4.72. The number of benzene rings is 1. The van der Waals surface area contributed by atoms with Crippen molar-refractivity contribution in [3.05, 3.63) is 54.4 Å². The largest absolute Gasteiger partial charge is 0.367 e. The summed E-state index contributed by atoms with van der Waals surface area (Å²) < 4.78 is 5.85. The maximum Gasteiger partial charge on any atom is 0.251 e. The quantitative estimate of drug-likeness (QED) is 0.716. The first kappa shape index (κ1) is 21.3. The van der Waals surface area contributed by atoms with E-state index in [2.05, 4.69) is 4.98 Å². The third-order valence-corrected chi connectivity index (χ3v) is 6.52. The topological polar surface area (TPSA) is 106 Å². The van der Waals surface area contributed by atoms with Gasteiger partial charge in [0.2, 0.25) is 11.8 Å². The number of ether oxygens (including phenoxy) is 1. The SMILES string of the molecule is NC(=O)C1(Cc2ccc(-c3cccnc3)cc2)CN(C(=O)CN2CSCC2=O)CCO1. The minimum Gasteiger partial charge on any atom is -0.367 e. The van der Waals surface area contributed by atoms with E-state index in [0.717, 1.165) is 16.7 Å². The first-order valence-corrected chi connectivity index (χ1v) is 11.2. The molecule has 3 heterocycles. The molecular weight excluding hydrogens is 416 g/mol. The number of carbonyl (C=O) groups excluding carboxylic acids is 3. The van der Waals surface area contributed by atoms with Crippen molar-refractivity contribution in [1.82, 2.24) is 14.8 Å². The summed E-state index contributed by atoms with van der Waals surface area (Å²) in [5.74, 6) is 0.0721. The van der Waals surface area contributed by atoms with Crippen LogP contribution in [0, 0.1) is 0 Å². The van der Waals surface area contributed by atoms with Gasteiger partial charge in [0.25, 0.3) is 5.91 Å². The Morgan fingerprint density at radius 2 is 2.00 bits per heavy atom. The van der Waals surface area contributed by atoms with Crippen LogP contribution in [0.3, 0.4) is 0 Å². The Morgan fingerprint density at radius 3 is 2.65 bits per heavy atom. The van der Waals surface area contributed by atoms with Crippen molar-refractivity contribution in [1.29, 1.82) is 0 Å². The van der Waals surface area contributed by atoms with E-state index >= 15 is 0 Å². The molecule has 162 valence electrons. The monoisotopic (exact) mass is 440 g/mol. The van der Waals surface area contributed by atoms with Gasteiger partial charge in [-0.15, -0.1) is 11.8 Å². The highest BCUT2D eigenvalue weighted by Crippen LogP contribution is 2.26. The van der Waals surface area contributed by atoms with Gasteiger partial charge in [-0.05, 0) is 22.8 Å².